The van der Waals surface area contributed by atoms with Crippen molar-refractivity contribution in [2.45, 2.75) is 20.3 Å². The van der Waals surface area contributed by atoms with E-state index in [4.69, 9.17) is 4.74 Å². The fourth-order valence-corrected chi connectivity index (χ4v) is 2.14. The molecule has 9 heteroatoms. The van der Waals surface area contributed by atoms with E-state index >= 15 is 0 Å². The highest BCUT2D eigenvalue weighted by Crippen LogP contribution is 2.35. The lowest BCUT2D eigenvalue weighted by atomic mass is 10.1. The normalized spacial score (nSPS) is 11.1. The molecule has 0 bridgehead atoms. The van der Waals surface area contributed by atoms with Gasteiger partial charge in [-0.1, -0.05) is 5.16 Å². The summed E-state index contributed by atoms with van der Waals surface area (Å²) in [6.07, 6.45) is -0.902. The number of rotatable bonds is 4. The Balaban J connectivity index is 2.05. The molecule has 24 heavy (non-hydrogen) atoms. The molecule has 0 saturated heterocycles. The molecule has 3 aromatic heterocycles. The molecule has 0 fully saturated rings. The van der Waals surface area contributed by atoms with Crippen LogP contribution in [0.4, 0.5) is 13.2 Å². The summed E-state index contributed by atoms with van der Waals surface area (Å²) in [5.74, 6) is -1.11. The van der Waals surface area contributed by atoms with Crippen molar-refractivity contribution in [2.24, 2.45) is 0 Å². The van der Waals surface area contributed by atoms with E-state index in [9.17, 15) is 13.2 Å². The number of pyridine rings is 1. The van der Waals surface area contributed by atoms with Gasteiger partial charge in [0.25, 0.3) is 6.43 Å². The van der Waals surface area contributed by atoms with Gasteiger partial charge in [-0.25, -0.2) is 28.1 Å². The summed E-state index contributed by atoms with van der Waals surface area (Å²) in [6, 6.07) is 2.72. The summed E-state index contributed by atoms with van der Waals surface area (Å²) in [4.78, 5) is 11.6. The van der Waals surface area contributed by atoms with Crippen LogP contribution in [0.25, 0.3) is 11.3 Å². The van der Waals surface area contributed by atoms with Crippen molar-refractivity contribution < 1.29 is 22.4 Å². The first kappa shape index (κ1) is 15.9. The van der Waals surface area contributed by atoms with Gasteiger partial charge in [-0.3, -0.25) is 0 Å². The van der Waals surface area contributed by atoms with Crippen LogP contribution in [0, 0.1) is 19.7 Å². The second-order valence-corrected chi connectivity index (χ2v) is 4.96. The topological polar surface area (TPSA) is 73.9 Å². The summed E-state index contributed by atoms with van der Waals surface area (Å²) in [5, 5.41) is 3.64. The largest absolute Gasteiger partial charge is 0.404 e. The van der Waals surface area contributed by atoms with Crippen LogP contribution in [0.2, 0.25) is 0 Å². The minimum atomic E-state index is -2.78. The Labute approximate surface area is 134 Å². The lowest BCUT2D eigenvalue weighted by Gasteiger charge is -2.10. The van der Waals surface area contributed by atoms with E-state index in [0.717, 1.165) is 18.5 Å². The van der Waals surface area contributed by atoms with Crippen molar-refractivity contribution >= 4 is 0 Å². The lowest BCUT2D eigenvalue weighted by Crippen LogP contribution is -1.99. The van der Waals surface area contributed by atoms with Crippen LogP contribution in [-0.2, 0) is 0 Å². The number of ether oxygens (including phenoxy) is 1. The van der Waals surface area contributed by atoms with Crippen molar-refractivity contribution in [3.8, 4) is 23.1 Å². The predicted molar refractivity (Wildman–Crippen MR) is 76.2 cm³/mol. The van der Waals surface area contributed by atoms with Gasteiger partial charge in [-0.15, -0.1) is 0 Å². The van der Waals surface area contributed by atoms with E-state index in [1.165, 1.54) is 0 Å². The third-order valence-electron chi connectivity index (χ3n) is 3.10. The van der Waals surface area contributed by atoms with Crippen molar-refractivity contribution in [3.05, 3.63) is 47.4 Å². The van der Waals surface area contributed by atoms with Crippen molar-refractivity contribution in [3.63, 3.8) is 0 Å². The molecule has 3 heterocycles. The number of hydrogen-bond acceptors (Lipinski definition) is 6. The van der Waals surface area contributed by atoms with Gasteiger partial charge in [0, 0.05) is 11.8 Å². The predicted octanol–water partition coefficient (Wildman–Crippen LogP) is 4.01. The van der Waals surface area contributed by atoms with Crippen LogP contribution in [0.3, 0.4) is 0 Å². The first-order valence-corrected chi connectivity index (χ1v) is 6.83. The van der Waals surface area contributed by atoms with E-state index in [1.807, 2.05) is 0 Å². The molecule has 0 spiro atoms. The zero-order valence-corrected chi connectivity index (χ0v) is 12.6. The van der Waals surface area contributed by atoms with Crippen molar-refractivity contribution in [1.82, 2.24) is 20.1 Å². The number of nitrogens with zero attached hydrogens (tertiary/aromatic N) is 4. The molecular formula is C15H11F3N4O2. The summed E-state index contributed by atoms with van der Waals surface area (Å²) in [7, 11) is 0. The Morgan fingerprint density at radius 3 is 2.46 bits per heavy atom. The second-order valence-electron chi connectivity index (χ2n) is 4.96. The van der Waals surface area contributed by atoms with Gasteiger partial charge in [0.05, 0.1) is 18.0 Å². The van der Waals surface area contributed by atoms with E-state index < -0.39 is 18.0 Å². The van der Waals surface area contributed by atoms with Gasteiger partial charge >= 0.3 is 6.01 Å². The molecule has 0 amide bonds. The molecule has 6 nitrogen and oxygen atoms in total. The minimum absolute atomic E-state index is 0.0632. The standard InChI is InChI=1S/C15H11F3N4O2/c1-7-3-8(2)21-14(23-15-19-5-9(16)6-20-15)12(7)10-4-11(13(17)18)24-22-10/h3-6,13H,1-2H3. The summed E-state index contributed by atoms with van der Waals surface area (Å²) >= 11 is 0. The molecule has 0 saturated carbocycles. The summed E-state index contributed by atoms with van der Waals surface area (Å²) < 4.78 is 48.4. The molecule has 3 rings (SSSR count). The maximum atomic E-state index is 12.9. The quantitative estimate of drug-likeness (QED) is 0.716. The highest BCUT2D eigenvalue weighted by Gasteiger charge is 2.21. The average Bonchev–Trinajstić information content (AvgIpc) is 2.99. The Morgan fingerprint density at radius 2 is 1.83 bits per heavy atom. The van der Waals surface area contributed by atoms with Crippen LogP contribution >= 0.6 is 0 Å². The molecule has 0 aliphatic rings. The second kappa shape index (κ2) is 6.26. The van der Waals surface area contributed by atoms with Crippen molar-refractivity contribution in [2.75, 3.05) is 0 Å². The summed E-state index contributed by atoms with van der Waals surface area (Å²) in [6.45, 7) is 3.49. The number of alkyl halides is 2. The van der Waals surface area contributed by atoms with Crippen LogP contribution in [0.1, 0.15) is 23.4 Å². The Morgan fingerprint density at radius 1 is 1.12 bits per heavy atom. The number of halogens is 3. The van der Waals surface area contributed by atoms with E-state index in [2.05, 4.69) is 24.6 Å². The number of aromatic nitrogens is 4. The van der Waals surface area contributed by atoms with Crippen LogP contribution in [0.15, 0.2) is 29.0 Å². The Kier molecular flexibility index (Phi) is 4.15. The third kappa shape index (κ3) is 3.19. The zero-order chi connectivity index (χ0) is 17.3. The molecule has 0 aliphatic heterocycles. The molecule has 124 valence electrons. The molecule has 0 aromatic carbocycles. The fourth-order valence-electron chi connectivity index (χ4n) is 2.14. The van der Waals surface area contributed by atoms with Gasteiger partial charge < -0.3 is 9.26 Å². The lowest BCUT2D eigenvalue weighted by molar-refractivity contribution is 0.112. The molecule has 0 radical (unpaired) electrons. The smallest absolute Gasteiger partial charge is 0.323 e. The van der Waals surface area contributed by atoms with Gasteiger partial charge in [0.2, 0.25) is 11.6 Å². The van der Waals surface area contributed by atoms with Crippen molar-refractivity contribution in [1.29, 1.82) is 0 Å². The van der Waals surface area contributed by atoms with Gasteiger partial charge in [-0.2, -0.15) is 0 Å². The van der Waals surface area contributed by atoms with Gasteiger partial charge in [0.15, 0.2) is 5.82 Å². The van der Waals surface area contributed by atoms with E-state index in [-0.39, 0.29) is 17.6 Å². The molecule has 0 unspecified atom stereocenters. The SMILES string of the molecule is Cc1cc(C)c(-c2cc(C(F)F)on2)c(Oc2ncc(F)cn2)n1. The average molecular weight is 336 g/mol. The Bertz CT molecular complexity index is 866. The maximum Gasteiger partial charge on any atom is 0.323 e. The van der Waals surface area contributed by atoms with Gasteiger partial charge in [0.1, 0.15) is 5.69 Å². The van der Waals surface area contributed by atoms with Crippen LogP contribution in [-0.4, -0.2) is 20.1 Å². The van der Waals surface area contributed by atoms with E-state index in [1.54, 1.807) is 19.9 Å². The summed E-state index contributed by atoms with van der Waals surface area (Å²) in [5.41, 5.74) is 1.83. The third-order valence-corrected chi connectivity index (χ3v) is 3.10. The maximum absolute atomic E-state index is 12.9. The molecular weight excluding hydrogens is 325 g/mol. The highest BCUT2D eigenvalue weighted by molar-refractivity contribution is 5.69. The zero-order valence-electron chi connectivity index (χ0n) is 12.6. The molecule has 3 aromatic rings. The first-order valence-electron chi connectivity index (χ1n) is 6.83. The fraction of sp³-hybridized carbons (Fsp3) is 0.200. The number of aryl methyl sites for hydroxylation is 2. The highest BCUT2D eigenvalue weighted by atomic mass is 19.3. The van der Waals surface area contributed by atoms with E-state index in [0.29, 0.717) is 16.8 Å². The Hall–Kier alpha value is -2.97. The molecule has 0 atom stereocenters. The monoisotopic (exact) mass is 336 g/mol. The van der Waals surface area contributed by atoms with Crippen LogP contribution in [0.5, 0.6) is 11.9 Å². The minimum Gasteiger partial charge on any atom is -0.404 e. The molecule has 0 aliphatic carbocycles. The first-order chi connectivity index (χ1) is 11.4. The molecule has 0 N–H and O–H groups in total. The number of hydrogen-bond donors (Lipinski definition) is 0. The van der Waals surface area contributed by atoms with Gasteiger partial charge in [-0.05, 0) is 25.5 Å². The van der Waals surface area contributed by atoms with Crippen LogP contribution < -0.4 is 4.74 Å².